The molecule has 0 unspecified atom stereocenters. The summed E-state index contributed by atoms with van der Waals surface area (Å²) >= 11 is 0. The molecule has 0 radical (unpaired) electrons. The average Bonchev–Trinajstić information content (AvgIpc) is 3.27. The van der Waals surface area contributed by atoms with Crippen LogP contribution in [-0.2, 0) is 9.53 Å². The summed E-state index contributed by atoms with van der Waals surface area (Å²) in [6.07, 6.45) is 8.51. The van der Waals surface area contributed by atoms with E-state index in [1.165, 1.54) is 18.5 Å². The van der Waals surface area contributed by atoms with Crippen LogP contribution >= 0.6 is 0 Å². The number of carbonyl (C=O) groups excluding carboxylic acids is 1. The Kier molecular flexibility index (Phi) is 5.41. The highest BCUT2D eigenvalue weighted by Gasteiger charge is 2.44. The summed E-state index contributed by atoms with van der Waals surface area (Å²) in [5, 5.41) is 0. The molecular formula is C22H30N2O2. The lowest BCUT2D eigenvalue weighted by atomic mass is 9.77. The topological polar surface area (TPSA) is 32.8 Å². The van der Waals surface area contributed by atoms with Crippen molar-refractivity contribution < 1.29 is 9.53 Å². The Morgan fingerprint density at radius 3 is 2.73 bits per heavy atom. The van der Waals surface area contributed by atoms with Gasteiger partial charge in [0, 0.05) is 32.7 Å². The van der Waals surface area contributed by atoms with E-state index >= 15 is 0 Å². The summed E-state index contributed by atoms with van der Waals surface area (Å²) in [4.78, 5) is 17.2. The second-order valence-corrected chi connectivity index (χ2v) is 8.29. The molecule has 26 heavy (non-hydrogen) atoms. The average molecular weight is 354 g/mol. The summed E-state index contributed by atoms with van der Waals surface area (Å²) in [6, 6.07) is 10.3. The molecule has 4 heteroatoms. The molecule has 3 fully saturated rings. The number of piperidine rings is 1. The minimum Gasteiger partial charge on any atom is -0.381 e. The Morgan fingerprint density at radius 1 is 1.19 bits per heavy atom. The Bertz CT molecular complexity index is 629. The Labute approximate surface area is 156 Å². The molecule has 3 aliphatic heterocycles. The van der Waals surface area contributed by atoms with Crippen LogP contribution in [0.2, 0.25) is 0 Å². The van der Waals surface area contributed by atoms with Crippen molar-refractivity contribution in [3.8, 4) is 0 Å². The molecule has 1 aromatic rings. The molecule has 1 atom stereocenters. The Morgan fingerprint density at radius 2 is 2.00 bits per heavy atom. The second-order valence-electron chi connectivity index (χ2n) is 8.29. The fraction of sp³-hybridized carbons (Fsp3) is 0.591. The van der Waals surface area contributed by atoms with Gasteiger partial charge in [-0.2, -0.15) is 0 Å². The first kappa shape index (κ1) is 17.7. The molecule has 1 amide bonds. The van der Waals surface area contributed by atoms with Gasteiger partial charge in [0.2, 0.25) is 5.91 Å². The Hall–Kier alpha value is -1.65. The molecule has 0 aromatic heterocycles. The number of hydrogen-bond donors (Lipinski definition) is 0. The summed E-state index contributed by atoms with van der Waals surface area (Å²) in [5.74, 6) is 1.05. The number of rotatable bonds is 5. The van der Waals surface area contributed by atoms with Gasteiger partial charge in [0.05, 0.1) is 6.61 Å². The van der Waals surface area contributed by atoms with E-state index in [0.29, 0.717) is 11.8 Å². The van der Waals surface area contributed by atoms with Crippen molar-refractivity contribution in [1.29, 1.82) is 0 Å². The van der Waals surface area contributed by atoms with Crippen LogP contribution in [0.25, 0.3) is 6.08 Å². The fourth-order valence-corrected chi connectivity index (χ4v) is 4.67. The van der Waals surface area contributed by atoms with Crippen molar-refractivity contribution in [2.75, 3.05) is 45.9 Å². The lowest BCUT2D eigenvalue weighted by Crippen LogP contribution is -2.43. The quantitative estimate of drug-likeness (QED) is 0.815. The molecular weight excluding hydrogens is 324 g/mol. The second kappa shape index (κ2) is 7.93. The van der Waals surface area contributed by atoms with Gasteiger partial charge in [0.25, 0.3) is 0 Å². The molecule has 3 heterocycles. The molecule has 4 nitrogen and oxygen atoms in total. The number of nitrogens with zero attached hydrogens (tertiary/aromatic N) is 2. The number of ether oxygens (including phenoxy) is 1. The Balaban J connectivity index is 1.27. The minimum absolute atomic E-state index is 0.223. The highest BCUT2D eigenvalue weighted by Crippen LogP contribution is 2.41. The van der Waals surface area contributed by atoms with Gasteiger partial charge in [0.15, 0.2) is 0 Å². The van der Waals surface area contributed by atoms with Gasteiger partial charge in [-0.15, -0.1) is 0 Å². The van der Waals surface area contributed by atoms with Crippen LogP contribution in [0.5, 0.6) is 0 Å². The van der Waals surface area contributed by atoms with Crippen LogP contribution in [0.4, 0.5) is 0 Å². The lowest BCUT2D eigenvalue weighted by Gasteiger charge is -2.39. The third-order valence-electron chi connectivity index (χ3n) is 6.30. The van der Waals surface area contributed by atoms with E-state index in [1.807, 2.05) is 18.2 Å². The van der Waals surface area contributed by atoms with Crippen LogP contribution < -0.4 is 0 Å². The maximum atomic E-state index is 12.5. The minimum atomic E-state index is 0.223. The number of amides is 1. The lowest BCUT2D eigenvalue weighted by molar-refractivity contribution is -0.127. The van der Waals surface area contributed by atoms with Crippen molar-refractivity contribution >= 4 is 12.0 Å². The van der Waals surface area contributed by atoms with Gasteiger partial charge < -0.3 is 14.5 Å². The third kappa shape index (κ3) is 4.18. The van der Waals surface area contributed by atoms with Crippen molar-refractivity contribution in [1.82, 2.24) is 9.80 Å². The molecule has 1 aromatic carbocycles. The predicted molar refractivity (Wildman–Crippen MR) is 104 cm³/mol. The molecule has 0 saturated carbocycles. The molecule has 0 aliphatic carbocycles. The van der Waals surface area contributed by atoms with Crippen molar-refractivity contribution in [3.63, 3.8) is 0 Å². The SMILES string of the molecule is O=C1CC2(CCN(C[C@H]3CCOC3)CC2)CN1C/C=C/c1ccccc1. The van der Waals surface area contributed by atoms with Crippen LogP contribution in [0.1, 0.15) is 31.2 Å². The monoisotopic (exact) mass is 354 g/mol. The first-order valence-electron chi connectivity index (χ1n) is 10.0. The molecule has 3 aliphatic rings. The van der Waals surface area contributed by atoms with E-state index in [2.05, 4.69) is 34.1 Å². The first-order chi connectivity index (χ1) is 12.7. The highest BCUT2D eigenvalue weighted by atomic mass is 16.5. The summed E-state index contributed by atoms with van der Waals surface area (Å²) in [6.45, 7) is 6.98. The molecule has 1 spiro atoms. The predicted octanol–water partition coefficient (Wildman–Crippen LogP) is 3.05. The third-order valence-corrected chi connectivity index (χ3v) is 6.30. The van der Waals surface area contributed by atoms with E-state index in [4.69, 9.17) is 4.74 Å². The molecule has 140 valence electrons. The van der Waals surface area contributed by atoms with Gasteiger partial charge in [-0.25, -0.2) is 0 Å². The van der Waals surface area contributed by atoms with E-state index < -0.39 is 0 Å². The van der Waals surface area contributed by atoms with E-state index in [9.17, 15) is 4.79 Å². The normalized spacial score (nSPS) is 26.4. The van der Waals surface area contributed by atoms with Gasteiger partial charge in [-0.05, 0) is 49.2 Å². The van der Waals surface area contributed by atoms with Crippen LogP contribution in [0.3, 0.4) is 0 Å². The maximum Gasteiger partial charge on any atom is 0.223 e. The first-order valence-corrected chi connectivity index (χ1v) is 10.0. The number of hydrogen-bond acceptors (Lipinski definition) is 3. The molecule has 0 N–H and O–H groups in total. The summed E-state index contributed by atoms with van der Waals surface area (Å²) in [5.41, 5.74) is 1.42. The van der Waals surface area contributed by atoms with Crippen molar-refractivity contribution in [3.05, 3.63) is 42.0 Å². The van der Waals surface area contributed by atoms with Crippen LogP contribution in [0, 0.1) is 11.3 Å². The smallest absolute Gasteiger partial charge is 0.223 e. The van der Waals surface area contributed by atoms with Gasteiger partial charge in [0.1, 0.15) is 0 Å². The van der Waals surface area contributed by atoms with Crippen LogP contribution in [0.15, 0.2) is 36.4 Å². The zero-order valence-corrected chi connectivity index (χ0v) is 15.6. The van der Waals surface area contributed by atoms with Gasteiger partial charge >= 0.3 is 0 Å². The van der Waals surface area contributed by atoms with E-state index in [1.54, 1.807) is 0 Å². The zero-order valence-electron chi connectivity index (χ0n) is 15.6. The van der Waals surface area contributed by atoms with E-state index in [-0.39, 0.29) is 5.41 Å². The summed E-state index contributed by atoms with van der Waals surface area (Å²) in [7, 11) is 0. The van der Waals surface area contributed by atoms with Gasteiger partial charge in [-0.1, -0.05) is 42.5 Å². The number of carbonyl (C=O) groups is 1. The molecule has 3 saturated heterocycles. The van der Waals surface area contributed by atoms with E-state index in [0.717, 1.165) is 58.7 Å². The van der Waals surface area contributed by atoms with Crippen molar-refractivity contribution in [2.45, 2.75) is 25.7 Å². The standard InChI is InChI=1S/C22H30N2O2/c25-21-15-22(9-12-23(13-10-22)16-20-8-14-26-17-20)18-24(21)11-4-7-19-5-2-1-3-6-19/h1-7,20H,8-18H2/b7-4+/t20-/m1/s1. The summed E-state index contributed by atoms with van der Waals surface area (Å²) < 4.78 is 5.51. The largest absolute Gasteiger partial charge is 0.381 e. The van der Waals surface area contributed by atoms with Gasteiger partial charge in [-0.3, -0.25) is 4.79 Å². The fourth-order valence-electron chi connectivity index (χ4n) is 4.67. The zero-order chi connectivity index (χ0) is 17.8. The van der Waals surface area contributed by atoms with Crippen molar-refractivity contribution in [2.24, 2.45) is 11.3 Å². The highest BCUT2D eigenvalue weighted by molar-refractivity contribution is 5.79. The number of likely N-dealkylation sites (tertiary alicyclic amines) is 2. The number of benzene rings is 1. The molecule has 0 bridgehead atoms. The maximum absolute atomic E-state index is 12.5. The van der Waals surface area contributed by atoms with Crippen LogP contribution in [-0.4, -0.2) is 61.6 Å². The molecule has 4 rings (SSSR count).